The monoisotopic (exact) mass is 1000 g/mol. The summed E-state index contributed by atoms with van der Waals surface area (Å²) >= 11 is 5.18. The van der Waals surface area contributed by atoms with Crippen molar-refractivity contribution < 1.29 is 19.1 Å². The Labute approximate surface area is 432 Å². The molecule has 6 heterocycles. The average Bonchev–Trinajstić information content (AvgIpc) is 4.19. The molecule has 0 radical (unpaired) electrons. The quantitative estimate of drug-likeness (QED) is 0.0540. The van der Waals surface area contributed by atoms with Gasteiger partial charge in [0.25, 0.3) is 11.8 Å². The minimum atomic E-state index is 0.0345. The zero-order valence-electron chi connectivity index (χ0n) is 44.3. The van der Waals surface area contributed by atoms with Crippen molar-refractivity contribution in [2.24, 2.45) is 0 Å². The SMILES string of the molecule is CCCCCCCCCCC(CCCCCCCC)N1C(=O)C2=C(c3ccc(-c4sc(C)c5c4OCCO5)s3)N(C(CCCCCCCC)CCCCCCCCCC)C(=O)C2=C1c1ccc(C)s1. The van der Waals surface area contributed by atoms with Crippen molar-refractivity contribution in [3.63, 3.8) is 0 Å². The molecule has 6 rings (SSSR count). The van der Waals surface area contributed by atoms with Crippen molar-refractivity contribution >= 4 is 57.2 Å². The molecule has 3 aromatic rings. The van der Waals surface area contributed by atoms with E-state index < -0.39 is 0 Å². The van der Waals surface area contributed by atoms with Crippen LogP contribution in [0, 0.1) is 13.8 Å². The van der Waals surface area contributed by atoms with Crippen LogP contribution in [-0.2, 0) is 9.59 Å². The van der Waals surface area contributed by atoms with Gasteiger partial charge in [0.2, 0.25) is 0 Å². The van der Waals surface area contributed by atoms with E-state index in [1.165, 1.54) is 159 Å². The molecule has 3 aliphatic heterocycles. The Hall–Kier alpha value is -2.88. The predicted molar refractivity (Wildman–Crippen MR) is 298 cm³/mol. The van der Waals surface area contributed by atoms with E-state index in [-0.39, 0.29) is 23.9 Å². The lowest BCUT2D eigenvalue weighted by Gasteiger charge is -2.34. The highest BCUT2D eigenvalue weighted by molar-refractivity contribution is 7.23. The molecule has 0 aromatic carbocycles. The lowest BCUT2D eigenvalue weighted by Crippen LogP contribution is -2.39. The Kier molecular flexibility index (Phi) is 24.3. The summed E-state index contributed by atoms with van der Waals surface area (Å²) in [6, 6.07) is 8.87. The molecule has 3 aromatic heterocycles. The molecule has 6 nitrogen and oxygen atoms in total. The van der Waals surface area contributed by atoms with Crippen molar-refractivity contribution in [1.29, 1.82) is 0 Å². The van der Waals surface area contributed by atoms with Gasteiger partial charge < -0.3 is 19.3 Å². The zero-order valence-corrected chi connectivity index (χ0v) is 46.7. The minimum absolute atomic E-state index is 0.0345. The summed E-state index contributed by atoms with van der Waals surface area (Å²) < 4.78 is 12.4. The molecule has 0 saturated carbocycles. The Balaban J connectivity index is 1.41. The summed E-state index contributed by atoms with van der Waals surface area (Å²) in [6.07, 6.45) is 38.7. The normalized spacial score (nSPS) is 15.7. The fourth-order valence-electron chi connectivity index (χ4n) is 11.1. The third-order valence-electron chi connectivity index (χ3n) is 15.0. The van der Waals surface area contributed by atoms with E-state index in [2.05, 4.69) is 75.6 Å². The van der Waals surface area contributed by atoms with Gasteiger partial charge in [-0.05, 0) is 63.8 Å². The minimum Gasteiger partial charge on any atom is -0.485 e. The molecule has 0 spiro atoms. The third-order valence-corrected chi connectivity index (χ3v) is 18.3. The number of hydrogen-bond donors (Lipinski definition) is 0. The number of thiophene rings is 3. The topological polar surface area (TPSA) is 59.1 Å². The van der Waals surface area contributed by atoms with Gasteiger partial charge in [0.05, 0.1) is 37.2 Å². The standard InChI is InChI=1S/C60H92N2O4S3/c1-7-11-15-19-23-25-29-33-37-47(35-31-27-21-17-13-9-3)61-54(49-40-39-45(5)67-49)52-53(60(61)64)55(50-41-42-51(69-50)58-57-56(46(6)68-58)65-43-44-66-57)62(59(52)63)48(36-32-28-22-18-14-10-4)38-34-30-26-24-20-16-12-8-2/h39-42,47-48H,7-38,43-44H2,1-6H3. The van der Waals surface area contributed by atoms with Gasteiger partial charge in [-0.1, -0.05) is 207 Å². The highest BCUT2D eigenvalue weighted by Crippen LogP contribution is 2.54. The number of carbonyl (C=O) groups excluding carboxylic acids is 2. The highest BCUT2D eigenvalue weighted by Gasteiger charge is 2.52. The maximum atomic E-state index is 16.0. The van der Waals surface area contributed by atoms with Gasteiger partial charge in [0.15, 0.2) is 11.5 Å². The molecule has 0 fully saturated rings. The van der Waals surface area contributed by atoms with Gasteiger partial charge in [-0.25, -0.2) is 0 Å². The van der Waals surface area contributed by atoms with E-state index in [0.717, 1.165) is 98.6 Å². The second-order valence-electron chi connectivity index (χ2n) is 20.7. The van der Waals surface area contributed by atoms with E-state index in [1.54, 1.807) is 34.0 Å². The van der Waals surface area contributed by atoms with Crippen LogP contribution < -0.4 is 9.47 Å². The molecule has 9 heteroatoms. The van der Waals surface area contributed by atoms with Crippen molar-refractivity contribution in [1.82, 2.24) is 9.80 Å². The number of aryl methyl sites for hydroxylation is 2. The molecule has 2 unspecified atom stereocenters. The summed E-state index contributed by atoms with van der Waals surface area (Å²) in [5.74, 6) is 1.79. The summed E-state index contributed by atoms with van der Waals surface area (Å²) in [5.41, 5.74) is 3.08. The van der Waals surface area contributed by atoms with E-state index in [4.69, 9.17) is 9.47 Å². The first-order valence-electron chi connectivity index (χ1n) is 28.6. The zero-order chi connectivity index (χ0) is 48.8. The third kappa shape index (κ3) is 15.3. The maximum absolute atomic E-state index is 16.0. The average molecular weight is 1000 g/mol. The van der Waals surface area contributed by atoms with E-state index in [0.29, 0.717) is 24.4 Å². The van der Waals surface area contributed by atoms with Crippen molar-refractivity contribution in [3.8, 4) is 21.3 Å². The molecule has 0 bridgehead atoms. The molecule has 3 aliphatic rings. The fourth-order valence-corrected chi connectivity index (χ4v) is 14.2. The van der Waals surface area contributed by atoms with E-state index in [1.807, 2.05) is 0 Å². The predicted octanol–water partition coefficient (Wildman–Crippen LogP) is 19.0. The van der Waals surface area contributed by atoms with Crippen LogP contribution in [0.1, 0.15) is 253 Å². The van der Waals surface area contributed by atoms with Gasteiger partial charge in [-0.2, -0.15) is 0 Å². The van der Waals surface area contributed by atoms with Crippen LogP contribution in [-0.4, -0.2) is 46.9 Å². The molecular weight excluding hydrogens is 909 g/mol. The lowest BCUT2D eigenvalue weighted by atomic mass is 9.97. The number of rotatable bonds is 37. The lowest BCUT2D eigenvalue weighted by molar-refractivity contribution is -0.125. The van der Waals surface area contributed by atoms with Crippen molar-refractivity contribution in [2.75, 3.05) is 13.2 Å². The molecule has 384 valence electrons. The van der Waals surface area contributed by atoms with Crippen molar-refractivity contribution in [2.45, 2.75) is 259 Å². The first kappa shape index (κ1) is 55.4. The highest BCUT2D eigenvalue weighted by atomic mass is 32.1. The number of unbranched alkanes of at least 4 members (excludes halogenated alkanes) is 24. The number of hydrogen-bond acceptors (Lipinski definition) is 7. The Morgan fingerprint density at radius 1 is 0.435 bits per heavy atom. The molecule has 0 N–H and O–H groups in total. The number of fused-ring (bicyclic) bond motifs is 2. The van der Waals surface area contributed by atoms with Crippen LogP contribution in [0.3, 0.4) is 0 Å². The Bertz CT molecular complexity index is 2070. The summed E-state index contributed by atoms with van der Waals surface area (Å²) in [5, 5.41) is 0. The van der Waals surface area contributed by atoms with Crippen LogP contribution >= 0.6 is 34.0 Å². The first-order chi connectivity index (χ1) is 33.8. The van der Waals surface area contributed by atoms with Crippen molar-refractivity contribution in [3.05, 3.63) is 54.9 Å². The molecule has 0 aliphatic carbocycles. The second-order valence-corrected chi connectivity index (χ2v) is 24.3. The number of carbonyl (C=O) groups is 2. The van der Waals surface area contributed by atoms with Crippen LogP contribution in [0.4, 0.5) is 0 Å². The number of nitrogens with zero attached hydrogens (tertiary/aromatic N) is 2. The molecule has 69 heavy (non-hydrogen) atoms. The van der Waals surface area contributed by atoms with Crippen LogP contribution in [0.2, 0.25) is 0 Å². The molecule has 0 saturated heterocycles. The van der Waals surface area contributed by atoms with Gasteiger partial charge in [0.1, 0.15) is 13.2 Å². The first-order valence-corrected chi connectivity index (χ1v) is 31.0. The van der Waals surface area contributed by atoms with Gasteiger partial charge in [0, 0.05) is 26.7 Å². The maximum Gasteiger partial charge on any atom is 0.261 e. The largest absolute Gasteiger partial charge is 0.485 e. The smallest absolute Gasteiger partial charge is 0.261 e. The van der Waals surface area contributed by atoms with Crippen LogP contribution in [0.25, 0.3) is 21.1 Å². The molecule has 2 atom stereocenters. The van der Waals surface area contributed by atoms with E-state index >= 15 is 9.59 Å². The second kappa shape index (κ2) is 30.2. The number of amides is 2. The fraction of sp³-hybridized carbons (Fsp3) is 0.700. The summed E-state index contributed by atoms with van der Waals surface area (Å²) in [6.45, 7) is 14.5. The molecular formula is C60H92N2O4S3. The Morgan fingerprint density at radius 3 is 1.17 bits per heavy atom. The van der Waals surface area contributed by atoms with Gasteiger partial charge >= 0.3 is 0 Å². The van der Waals surface area contributed by atoms with E-state index in [9.17, 15) is 0 Å². The van der Waals surface area contributed by atoms with Gasteiger partial charge in [-0.3, -0.25) is 9.59 Å². The summed E-state index contributed by atoms with van der Waals surface area (Å²) in [7, 11) is 0. The van der Waals surface area contributed by atoms with Crippen LogP contribution in [0.5, 0.6) is 11.5 Å². The van der Waals surface area contributed by atoms with Crippen LogP contribution in [0.15, 0.2) is 35.4 Å². The summed E-state index contributed by atoms with van der Waals surface area (Å²) in [4.78, 5) is 42.9. The van der Waals surface area contributed by atoms with Gasteiger partial charge in [-0.15, -0.1) is 34.0 Å². The molecule has 2 amide bonds. The Morgan fingerprint density at radius 2 is 0.783 bits per heavy atom. The number of ether oxygens (including phenoxy) is 2.